The van der Waals surface area contributed by atoms with Crippen molar-refractivity contribution in [1.29, 1.82) is 0 Å². The summed E-state index contributed by atoms with van der Waals surface area (Å²) in [4.78, 5) is 11.5. The Labute approximate surface area is 141 Å². The predicted molar refractivity (Wildman–Crippen MR) is 92.1 cm³/mol. The number of amides is 1. The van der Waals surface area contributed by atoms with Gasteiger partial charge >= 0.3 is 6.09 Å². The quantitative estimate of drug-likeness (QED) is 0.510. The second-order valence-electron chi connectivity index (χ2n) is 4.87. The molecule has 0 aliphatic carbocycles. The fraction of sp³-hybridized carbons (Fsp3) is 0.211. The summed E-state index contributed by atoms with van der Waals surface area (Å²) < 4.78 is 5.11. The van der Waals surface area contributed by atoms with Crippen molar-refractivity contribution in [2.75, 3.05) is 6.54 Å². The molecule has 0 aromatic heterocycles. The largest absolute Gasteiger partial charge is 0.445 e. The summed E-state index contributed by atoms with van der Waals surface area (Å²) in [5, 5.41) is 2.68. The molecule has 0 fully saturated rings. The van der Waals surface area contributed by atoms with Gasteiger partial charge in [0.25, 0.3) is 0 Å². The minimum absolute atomic E-state index is 0.269. The first kappa shape index (κ1) is 16.9. The molecule has 4 heteroatoms. The van der Waals surface area contributed by atoms with Crippen molar-refractivity contribution in [2.45, 2.75) is 18.9 Å². The molecule has 2 aromatic carbocycles. The van der Waals surface area contributed by atoms with Crippen LogP contribution in [0.15, 0.2) is 54.6 Å². The number of benzene rings is 2. The lowest BCUT2D eigenvalue weighted by Gasteiger charge is -2.05. The summed E-state index contributed by atoms with van der Waals surface area (Å²) >= 11 is 5.73. The van der Waals surface area contributed by atoms with E-state index in [2.05, 4.69) is 17.2 Å². The maximum atomic E-state index is 11.5. The highest BCUT2D eigenvalue weighted by atomic mass is 35.5. The lowest BCUT2D eigenvalue weighted by Crippen LogP contribution is -2.24. The highest BCUT2D eigenvalue weighted by molar-refractivity contribution is 6.17. The molecule has 0 radical (unpaired) electrons. The van der Waals surface area contributed by atoms with Crippen LogP contribution in [0.3, 0.4) is 0 Å². The van der Waals surface area contributed by atoms with Gasteiger partial charge in [-0.3, -0.25) is 0 Å². The topological polar surface area (TPSA) is 38.3 Å². The Morgan fingerprint density at radius 3 is 2.48 bits per heavy atom. The summed E-state index contributed by atoms with van der Waals surface area (Å²) in [6.45, 7) is 0.728. The van der Waals surface area contributed by atoms with Crippen molar-refractivity contribution >= 4 is 17.7 Å². The molecule has 0 saturated carbocycles. The number of hydrogen-bond donors (Lipinski definition) is 1. The second kappa shape index (κ2) is 9.55. The van der Waals surface area contributed by atoms with Gasteiger partial charge in [-0.2, -0.15) is 0 Å². The molecule has 0 bridgehead atoms. The van der Waals surface area contributed by atoms with Crippen LogP contribution in [0.5, 0.6) is 0 Å². The van der Waals surface area contributed by atoms with Crippen LogP contribution in [0, 0.1) is 11.8 Å². The third-order valence-electron chi connectivity index (χ3n) is 3.07. The number of rotatable bonds is 5. The van der Waals surface area contributed by atoms with E-state index in [0.29, 0.717) is 18.8 Å². The Kier molecular flexibility index (Phi) is 7.03. The van der Waals surface area contributed by atoms with Crippen LogP contribution in [0.2, 0.25) is 0 Å². The predicted octanol–water partition coefficient (Wildman–Crippen LogP) is 4.09. The number of ether oxygens (including phenoxy) is 1. The van der Waals surface area contributed by atoms with Gasteiger partial charge in [0, 0.05) is 24.4 Å². The molecule has 0 unspecified atom stereocenters. The molecule has 0 saturated heterocycles. The van der Waals surface area contributed by atoms with E-state index in [1.807, 2.05) is 54.6 Å². The maximum absolute atomic E-state index is 11.5. The van der Waals surface area contributed by atoms with Gasteiger partial charge in [0.15, 0.2) is 0 Å². The number of carbonyl (C=O) groups excluding carboxylic acids is 1. The van der Waals surface area contributed by atoms with E-state index in [0.717, 1.165) is 16.7 Å². The van der Waals surface area contributed by atoms with Crippen LogP contribution >= 0.6 is 11.6 Å². The summed E-state index contributed by atoms with van der Waals surface area (Å²) in [6, 6.07) is 17.3. The Morgan fingerprint density at radius 1 is 1.04 bits per heavy atom. The summed E-state index contributed by atoms with van der Waals surface area (Å²) in [6.07, 6.45) is 0.139. The van der Waals surface area contributed by atoms with E-state index in [1.165, 1.54) is 0 Å². The van der Waals surface area contributed by atoms with E-state index in [-0.39, 0.29) is 6.61 Å². The van der Waals surface area contributed by atoms with Gasteiger partial charge in [0.1, 0.15) is 6.61 Å². The van der Waals surface area contributed by atoms with E-state index >= 15 is 0 Å². The number of halogens is 1. The number of alkyl halides is 1. The third kappa shape index (κ3) is 6.46. The fourth-order valence-electron chi connectivity index (χ4n) is 1.84. The Bertz CT molecular complexity index is 672. The molecular formula is C19H18ClNO2. The number of hydrogen-bond acceptors (Lipinski definition) is 2. The van der Waals surface area contributed by atoms with Crippen molar-refractivity contribution < 1.29 is 9.53 Å². The van der Waals surface area contributed by atoms with Crippen LogP contribution in [-0.2, 0) is 17.2 Å². The van der Waals surface area contributed by atoms with Gasteiger partial charge in [-0.1, -0.05) is 54.3 Å². The Morgan fingerprint density at radius 2 is 1.78 bits per heavy atom. The van der Waals surface area contributed by atoms with Crippen LogP contribution in [-0.4, -0.2) is 12.6 Å². The molecule has 3 nitrogen and oxygen atoms in total. The SMILES string of the molecule is O=C(NCCC#Cc1ccc(CCl)cc1)OCc1ccccc1. The molecule has 0 aliphatic rings. The lowest BCUT2D eigenvalue weighted by molar-refractivity contribution is 0.140. The Balaban J connectivity index is 1.65. The molecule has 0 aliphatic heterocycles. The van der Waals surface area contributed by atoms with Crippen molar-refractivity contribution in [1.82, 2.24) is 5.32 Å². The molecule has 2 rings (SSSR count). The molecule has 0 atom stereocenters. The maximum Gasteiger partial charge on any atom is 0.407 e. The van der Waals surface area contributed by atoms with Gasteiger partial charge < -0.3 is 10.1 Å². The number of nitrogens with one attached hydrogen (secondary N) is 1. The minimum atomic E-state index is -0.429. The van der Waals surface area contributed by atoms with Gasteiger partial charge in [-0.15, -0.1) is 11.6 Å². The Hall–Kier alpha value is -2.44. The average molecular weight is 328 g/mol. The van der Waals surface area contributed by atoms with Gasteiger partial charge in [0.05, 0.1) is 0 Å². The fourth-order valence-corrected chi connectivity index (χ4v) is 2.02. The standard InChI is InChI=1S/C19H18ClNO2/c20-14-17-11-9-16(10-12-17)6-4-5-13-21-19(22)23-15-18-7-2-1-3-8-18/h1-3,7-12H,5,13-15H2,(H,21,22). The van der Waals surface area contributed by atoms with E-state index in [4.69, 9.17) is 16.3 Å². The zero-order valence-electron chi connectivity index (χ0n) is 12.7. The van der Waals surface area contributed by atoms with Crippen LogP contribution in [0.1, 0.15) is 23.1 Å². The third-order valence-corrected chi connectivity index (χ3v) is 3.38. The van der Waals surface area contributed by atoms with Crippen molar-refractivity contribution in [2.24, 2.45) is 0 Å². The summed E-state index contributed by atoms with van der Waals surface area (Å²) in [5.74, 6) is 6.56. The smallest absolute Gasteiger partial charge is 0.407 e. The second-order valence-corrected chi connectivity index (χ2v) is 5.14. The summed E-state index contributed by atoms with van der Waals surface area (Å²) in [7, 11) is 0. The van der Waals surface area contributed by atoms with Crippen LogP contribution in [0.25, 0.3) is 0 Å². The molecule has 0 heterocycles. The zero-order valence-corrected chi connectivity index (χ0v) is 13.5. The highest BCUT2D eigenvalue weighted by Crippen LogP contribution is 2.05. The molecule has 2 aromatic rings. The van der Waals surface area contributed by atoms with Gasteiger partial charge in [-0.05, 0) is 23.3 Å². The van der Waals surface area contributed by atoms with Crippen molar-refractivity contribution in [3.63, 3.8) is 0 Å². The van der Waals surface area contributed by atoms with Crippen molar-refractivity contribution in [3.8, 4) is 11.8 Å². The van der Waals surface area contributed by atoms with Crippen LogP contribution in [0.4, 0.5) is 4.79 Å². The molecule has 0 spiro atoms. The molecule has 1 amide bonds. The molecular weight excluding hydrogens is 310 g/mol. The highest BCUT2D eigenvalue weighted by Gasteiger charge is 2.00. The van der Waals surface area contributed by atoms with E-state index < -0.39 is 6.09 Å². The summed E-state index contributed by atoms with van der Waals surface area (Å²) in [5.41, 5.74) is 2.97. The van der Waals surface area contributed by atoms with E-state index in [1.54, 1.807) is 0 Å². The first-order valence-electron chi connectivity index (χ1n) is 7.36. The van der Waals surface area contributed by atoms with E-state index in [9.17, 15) is 4.79 Å². The minimum Gasteiger partial charge on any atom is -0.445 e. The normalized spacial score (nSPS) is 9.61. The first-order chi connectivity index (χ1) is 11.3. The number of carbonyl (C=O) groups is 1. The first-order valence-corrected chi connectivity index (χ1v) is 7.89. The van der Waals surface area contributed by atoms with Gasteiger partial charge in [0.2, 0.25) is 0 Å². The van der Waals surface area contributed by atoms with Crippen LogP contribution < -0.4 is 5.32 Å². The molecule has 1 N–H and O–H groups in total. The molecule has 23 heavy (non-hydrogen) atoms. The van der Waals surface area contributed by atoms with Gasteiger partial charge in [-0.25, -0.2) is 4.79 Å². The van der Waals surface area contributed by atoms with Crippen molar-refractivity contribution in [3.05, 3.63) is 71.3 Å². The molecule has 118 valence electrons. The lowest BCUT2D eigenvalue weighted by atomic mass is 10.1. The zero-order chi connectivity index (χ0) is 16.3. The average Bonchev–Trinajstić information content (AvgIpc) is 2.61. The monoisotopic (exact) mass is 327 g/mol. The number of alkyl carbamates (subject to hydrolysis) is 1.